The molecule has 0 fully saturated rings. The lowest BCUT2D eigenvalue weighted by atomic mass is 10.1. The van der Waals surface area contributed by atoms with E-state index in [9.17, 15) is 14.4 Å². The van der Waals surface area contributed by atoms with Crippen molar-refractivity contribution in [2.24, 2.45) is 0 Å². The van der Waals surface area contributed by atoms with Gasteiger partial charge in [0.2, 0.25) is 0 Å². The van der Waals surface area contributed by atoms with Crippen LogP contribution in [0.15, 0.2) is 65.4 Å². The van der Waals surface area contributed by atoms with Crippen LogP contribution in [-0.4, -0.2) is 45.1 Å². The first-order valence-electron chi connectivity index (χ1n) is 14.5. The Labute approximate surface area is 271 Å². The molecule has 0 atom stereocenters. The number of benzene rings is 2. The lowest BCUT2D eigenvalue weighted by molar-refractivity contribution is 0.0427. The van der Waals surface area contributed by atoms with E-state index in [1.807, 2.05) is 63.2 Å². The molecule has 3 amide bonds. The van der Waals surface area contributed by atoms with Gasteiger partial charge in [-0.3, -0.25) is 9.88 Å². The molecule has 0 radical (unpaired) electrons. The molecule has 2 heterocycles. The van der Waals surface area contributed by atoms with Crippen LogP contribution in [0.1, 0.15) is 67.9 Å². The second kappa shape index (κ2) is 12.6. The van der Waals surface area contributed by atoms with Crippen molar-refractivity contribution in [2.45, 2.75) is 85.7 Å². The summed E-state index contributed by atoms with van der Waals surface area (Å²) in [4.78, 5) is 51.5. The van der Waals surface area contributed by atoms with Gasteiger partial charge in [0.1, 0.15) is 16.8 Å². The summed E-state index contributed by atoms with van der Waals surface area (Å²) < 4.78 is 17.3. The molecular formula is C34H39BrN4O6. The van der Waals surface area contributed by atoms with Crippen molar-refractivity contribution < 1.29 is 28.6 Å². The minimum absolute atomic E-state index is 0.00674. The summed E-state index contributed by atoms with van der Waals surface area (Å²) >= 11 is 3.59. The van der Waals surface area contributed by atoms with Crippen molar-refractivity contribution in [2.75, 3.05) is 9.80 Å². The van der Waals surface area contributed by atoms with Crippen LogP contribution in [0, 0.1) is 0 Å². The number of halogens is 1. The van der Waals surface area contributed by atoms with Crippen LogP contribution in [0.4, 0.5) is 25.9 Å². The quantitative estimate of drug-likeness (QED) is 0.196. The first-order valence-corrected chi connectivity index (χ1v) is 15.3. The molecule has 10 nitrogen and oxygen atoms in total. The van der Waals surface area contributed by atoms with E-state index in [4.69, 9.17) is 14.2 Å². The normalized spacial score (nSPS) is 12.1. The largest absolute Gasteiger partial charge is 0.443 e. The van der Waals surface area contributed by atoms with Crippen LogP contribution in [0.2, 0.25) is 0 Å². The highest BCUT2D eigenvalue weighted by Gasteiger charge is 2.35. The fourth-order valence-electron chi connectivity index (χ4n) is 4.39. The van der Waals surface area contributed by atoms with E-state index in [-0.39, 0.29) is 12.4 Å². The van der Waals surface area contributed by atoms with Gasteiger partial charge >= 0.3 is 18.3 Å². The Hall–Kier alpha value is -4.25. The standard InChI is InChI=1S/C34H39BrN4O6/c1-32(2,3)43-29(40)38(26-16-17-36-25-13-11-10-12-23(25)26)20-21-14-15-22-19-37-28(27(35)24(22)18-21)39(30(41)44-33(4,5)6)31(42)45-34(7,8)9/h10-19H,20H2,1-9H3. The number of anilines is 2. The molecule has 0 N–H and O–H groups in total. The van der Waals surface area contributed by atoms with Crippen molar-refractivity contribution in [3.63, 3.8) is 0 Å². The highest BCUT2D eigenvalue weighted by Crippen LogP contribution is 2.35. The number of pyridine rings is 2. The molecule has 0 aliphatic rings. The highest BCUT2D eigenvalue weighted by atomic mass is 79.9. The van der Waals surface area contributed by atoms with Crippen molar-refractivity contribution in [1.82, 2.24) is 9.97 Å². The van der Waals surface area contributed by atoms with E-state index in [0.29, 0.717) is 15.5 Å². The zero-order valence-electron chi connectivity index (χ0n) is 27.1. The zero-order valence-corrected chi connectivity index (χ0v) is 28.7. The van der Waals surface area contributed by atoms with Gasteiger partial charge in [0.15, 0.2) is 5.82 Å². The van der Waals surface area contributed by atoms with Gasteiger partial charge in [-0.2, -0.15) is 4.90 Å². The summed E-state index contributed by atoms with van der Waals surface area (Å²) in [5.41, 5.74) is -0.340. The van der Waals surface area contributed by atoms with Crippen LogP contribution in [0.5, 0.6) is 0 Å². The number of hydrogen-bond donors (Lipinski definition) is 0. The Kier molecular flexibility index (Phi) is 9.44. The molecule has 0 bridgehead atoms. The number of nitrogens with zero attached hydrogens (tertiary/aromatic N) is 4. The minimum Gasteiger partial charge on any atom is -0.443 e. The molecular weight excluding hydrogens is 640 g/mol. The summed E-state index contributed by atoms with van der Waals surface area (Å²) in [6, 6.07) is 15.0. The molecule has 0 unspecified atom stereocenters. The van der Waals surface area contributed by atoms with Crippen LogP contribution in [-0.2, 0) is 20.8 Å². The van der Waals surface area contributed by atoms with Crippen LogP contribution < -0.4 is 9.80 Å². The van der Waals surface area contributed by atoms with Crippen molar-refractivity contribution in [1.29, 1.82) is 0 Å². The average Bonchev–Trinajstić information content (AvgIpc) is 2.90. The number of fused-ring (bicyclic) bond motifs is 2. The predicted octanol–water partition coefficient (Wildman–Crippen LogP) is 9.16. The molecule has 0 aliphatic carbocycles. The molecule has 45 heavy (non-hydrogen) atoms. The third-order valence-electron chi connectivity index (χ3n) is 6.11. The van der Waals surface area contributed by atoms with Gasteiger partial charge in [-0.15, -0.1) is 0 Å². The number of carbonyl (C=O) groups is 3. The van der Waals surface area contributed by atoms with E-state index >= 15 is 0 Å². The first-order chi connectivity index (χ1) is 20.8. The van der Waals surface area contributed by atoms with Gasteiger partial charge in [-0.1, -0.05) is 30.3 Å². The van der Waals surface area contributed by atoms with Crippen LogP contribution in [0.25, 0.3) is 21.7 Å². The van der Waals surface area contributed by atoms with E-state index in [2.05, 4.69) is 25.9 Å². The molecule has 4 aromatic rings. The third kappa shape index (κ3) is 8.48. The first kappa shape index (κ1) is 33.6. The lowest BCUT2D eigenvalue weighted by Gasteiger charge is -2.29. The maximum absolute atomic E-state index is 13.6. The maximum Gasteiger partial charge on any atom is 0.425 e. The van der Waals surface area contributed by atoms with Gasteiger partial charge in [-0.25, -0.2) is 19.4 Å². The van der Waals surface area contributed by atoms with Crippen molar-refractivity contribution in [3.8, 4) is 0 Å². The molecule has 2 aromatic heterocycles. The molecule has 0 saturated carbocycles. The SMILES string of the molecule is CC(C)(C)OC(=O)N(Cc1ccc2cnc(N(C(=O)OC(C)(C)C)C(=O)OC(C)(C)C)c(Br)c2c1)c1ccnc2ccccc12. The lowest BCUT2D eigenvalue weighted by Crippen LogP contribution is -2.44. The predicted molar refractivity (Wildman–Crippen MR) is 179 cm³/mol. The zero-order chi connectivity index (χ0) is 33.3. The minimum atomic E-state index is -0.930. The van der Waals surface area contributed by atoms with Gasteiger partial charge in [0.05, 0.1) is 22.2 Å². The number of ether oxygens (including phenoxy) is 3. The number of amides is 3. The van der Waals surface area contributed by atoms with Crippen LogP contribution in [0.3, 0.4) is 0 Å². The van der Waals surface area contributed by atoms with Crippen LogP contribution >= 0.6 is 15.9 Å². The maximum atomic E-state index is 13.6. The van der Waals surface area contributed by atoms with Gasteiger partial charge in [0.25, 0.3) is 0 Å². The van der Waals surface area contributed by atoms with E-state index in [1.165, 1.54) is 0 Å². The Morgan fingerprint density at radius 2 is 1.31 bits per heavy atom. The van der Waals surface area contributed by atoms with Crippen molar-refractivity contribution in [3.05, 3.63) is 71.0 Å². The van der Waals surface area contributed by atoms with E-state index < -0.39 is 35.1 Å². The second-order valence-electron chi connectivity index (χ2n) is 13.5. The monoisotopic (exact) mass is 678 g/mol. The summed E-state index contributed by atoms with van der Waals surface area (Å²) in [6.45, 7) is 15.8. The molecule has 0 aliphatic heterocycles. The summed E-state index contributed by atoms with van der Waals surface area (Å²) in [7, 11) is 0. The summed E-state index contributed by atoms with van der Waals surface area (Å²) in [5, 5.41) is 2.18. The number of aromatic nitrogens is 2. The third-order valence-corrected chi connectivity index (χ3v) is 6.89. The number of para-hydroxylation sites is 1. The molecule has 238 valence electrons. The number of rotatable bonds is 4. The highest BCUT2D eigenvalue weighted by molar-refractivity contribution is 9.10. The Bertz CT molecular complexity index is 1720. The molecule has 4 rings (SSSR count). The summed E-state index contributed by atoms with van der Waals surface area (Å²) in [5.74, 6) is 0.00674. The fraction of sp³-hybridized carbons (Fsp3) is 0.382. The Balaban J connectivity index is 1.81. The van der Waals surface area contributed by atoms with Crippen molar-refractivity contribution >= 4 is 67.4 Å². The topological polar surface area (TPSA) is 111 Å². The second-order valence-corrected chi connectivity index (χ2v) is 14.3. The van der Waals surface area contributed by atoms with E-state index in [0.717, 1.165) is 26.8 Å². The van der Waals surface area contributed by atoms with E-state index in [1.54, 1.807) is 64.9 Å². The molecule has 0 spiro atoms. The Morgan fingerprint density at radius 3 is 1.91 bits per heavy atom. The number of hydrogen-bond acceptors (Lipinski definition) is 8. The molecule has 11 heteroatoms. The summed E-state index contributed by atoms with van der Waals surface area (Å²) in [6.07, 6.45) is 0.839. The Morgan fingerprint density at radius 1 is 0.733 bits per heavy atom. The smallest absolute Gasteiger partial charge is 0.425 e. The fourth-order valence-corrected chi connectivity index (χ4v) is 5.02. The van der Waals surface area contributed by atoms with Gasteiger partial charge in [0, 0.05) is 28.6 Å². The van der Waals surface area contributed by atoms with Gasteiger partial charge < -0.3 is 14.2 Å². The molecule has 2 aromatic carbocycles. The molecule has 0 saturated heterocycles. The average molecular weight is 680 g/mol. The number of carbonyl (C=O) groups excluding carboxylic acids is 3. The van der Waals surface area contributed by atoms with Gasteiger partial charge in [-0.05, 0) is 102 Å². The number of imide groups is 1.